The Hall–Kier alpha value is -0.930. The predicted molar refractivity (Wildman–Crippen MR) is 97.8 cm³/mol. The van der Waals surface area contributed by atoms with Crippen molar-refractivity contribution in [3.63, 3.8) is 0 Å². The molecule has 0 spiro atoms. The van der Waals surface area contributed by atoms with Crippen molar-refractivity contribution in [2.45, 2.75) is 18.1 Å². The first-order valence-corrected chi connectivity index (χ1v) is 10.9. The fourth-order valence-corrected chi connectivity index (χ4v) is 6.68. The summed E-state index contributed by atoms with van der Waals surface area (Å²) in [6.45, 7) is 5.30. The number of hydrogen-bond donors (Lipinski definition) is 0. The average molecular weight is 405 g/mol. The monoisotopic (exact) mass is 404 g/mol. The van der Waals surface area contributed by atoms with Crippen LogP contribution in [0.2, 0.25) is 4.34 Å². The van der Waals surface area contributed by atoms with E-state index in [-0.39, 0.29) is 10.1 Å². The van der Waals surface area contributed by atoms with Crippen LogP contribution in [-0.2, 0) is 10.0 Å². The van der Waals surface area contributed by atoms with Crippen LogP contribution in [0.25, 0.3) is 0 Å². The van der Waals surface area contributed by atoms with Crippen molar-refractivity contribution in [1.29, 1.82) is 0 Å². The molecule has 3 heterocycles. The van der Waals surface area contributed by atoms with Gasteiger partial charge in [0.15, 0.2) is 0 Å². The van der Waals surface area contributed by atoms with Gasteiger partial charge in [0.1, 0.15) is 4.21 Å². The van der Waals surface area contributed by atoms with E-state index in [4.69, 9.17) is 11.6 Å². The van der Waals surface area contributed by atoms with E-state index in [1.807, 2.05) is 19.9 Å². The van der Waals surface area contributed by atoms with Gasteiger partial charge in [0.2, 0.25) is 0 Å². The zero-order chi connectivity index (χ0) is 17.5. The Bertz CT molecular complexity index is 864. The van der Waals surface area contributed by atoms with Gasteiger partial charge in [-0.3, -0.25) is 4.79 Å². The Morgan fingerprint density at radius 1 is 1.12 bits per heavy atom. The lowest BCUT2D eigenvalue weighted by molar-refractivity contribution is 0.0698. The van der Waals surface area contributed by atoms with Crippen molar-refractivity contribution in [2.75, 3.05) is 26.2 Å². The average Bonchev–Trinajstić information content (AvgIpc) is 3.12. The normalized spacial score (nSPS) is 16.5. The second-order valence-corrected chi connectivity index (χ2v) is 10.9. The van der Waals surface area contributed by atoms with Gasteiger partial charge in [-0.25, -0.2) is 8.42 Å². The predicted octanol–water partition coefficient (Wildman–Crippen LogP) is 3.23. The van der Waals surface area contributed by atoms with E-state index in [2.05, 4.69) is 0 Å². The summed E-state index contributed by atoms with van der Waals surface area (Å²) in [7, 11) is -3.53. The Kier molecular flexibility index (Phi) is 5.04. The fourth-order valence-electron chi connectivity index (χ4n) is 2.71. The van der Waals surface area contributed by atoms with Gasteiger partial charge in [-0.2, -0.15) is 4.31 Å². The second kappa shape index (κ2) is 6.76. The molecule has 0 atom stereocenters. The van der Waals surface area contributed by atoms with Gasteiger partial charge in [0.05, 0.1) is 9.90 Å². The van der Waals surface area contributed by atoms with Crippen molar-refractivity contribution in [2.24, 2.45) is 0 Å². The molecule has 0 unspecified atom stereocenters. The van der Waals surface area contributed by atoms with Gasteiger partial charge in [-0.15, -0.1) is 22.7 Å². The lowest BCUT2D eigenvalue weighted by atomic mass is 10.2. The molecule has 0 bridgehead atoms. The van der Waals surface area contributed by atoms with Crippen LogP contribution >= 0.6 is 34.3 Å². The van der Waals surface area contributed by atoms with Gasteiger partial charge in [0, 0.05) is 35.9 Å². The summed E-state index contributed by atoms with van der Waals surface area (Å²) < 4.78 is 27.3. The number of thiophene rings is 2. The highest BCUT2D eigenvalue weighted by atomic mass is 35.5. The van der Waals surface area contributed by atoms with Crippen LogP contribution in [0.3, 0.4) is 0 Å². The van der Waals surface area contributed by atoms with Crippen LogP contribution in [0.5, 0.6) is 0 Å². The maximum Gasteiger partial charge on any atom is 0.255 e. The molecule has 1 aliphatic heterocycles. The molecule has 3 rings (SSSR count). The van der Waals surface area contributed by atoms with E-state index in [1.165, 1.54) is 10.4 Å². The van der Waals surface area contributed by atoms with E-state index >= 15 is 0 Å². The molecule has 2 aromatic rings. The molecule has 130 valence electrons. The standard InChI is InChI=1S/C15H17ClN2O3S3/c1-10-9-12(11(2)22-10)15(19)17-5-7-18(8-6-17)24(20,21)14-4-3-13(16)23-14/h3-4,9H,5-8H2,1-2H3. The molecule has 0 aromatic carbocycles. The van der Waals surface area contributed by atoms with E-state index in [1.54, 1.807) is 22.3 Å². The molecule has 1 aliphatic rings. The number of carbonyl (C=O) groups is 1. The first kappa shape index (κ1) is 17.9. The Balaban J connectivity index is 1.70. The SMILES string of the molecule is Cc1cc(C(=O)N2CCN(S(=O)(=O)c3ccc(Cl)s3)CC2)c(C)s1. The summed E-state index contributed by atoms with van der Waals surface area (Å²) in [5.74, 6) is -0.0203. The third kappa shape index (κ3) is 3.39. The molecular formula is C15H17ClN2O3S3. The first-order valence-electron chi connectivity index (χ1n) is 7.41. The highest BCUT2D eigenvalue weighted by molar-refractivity contribution is 7.91. The number of hydrogen-bond acceptors (Lipinski definition) is 5. The summed E-state index contributed by atoms with van der Waals surface area (Å²) in [5, 5.41) is 0. The molecular weight excluding hydrogens is 388 g/mol. The molecule has 2 aromatic heterocycles. The summed E-state index contributed by atoms with van der Waals surface area (Å²) >= 11 is 8.49. The Labute approximate surface area is 154 Å². The van der Waals surface area contributed by atoms with Crippen molar-refractivity contribution in [3.05, 3.63) is 37.9 Å². The van der Waals surface area contributed by atoms with Crippen LogP contribution < -0.4 is 0 Å². The molecule has 1 saturated heterocycles. The van der Waals surface area contributed by atoms with Crippen molar-refractivity contribution in [3.8, 4) is 0 Å². The minimum absolute atomic E-state index is 0.0203. The van der Waals surface area contributed by atoms with E-state index in [0.29, 0.717) is 30.5 Å². The largest absolute Gasteiger partial charge is 0.336 e. The number of sulfonamides is 1. The molecule has 24 heavy (non-hydrogen) atoms. The number of carbonyl (C=O) groups excluding carboxylic acids is 1. The molecule has 1 fully saturated rings. The second-order valence-electron chi connectivity index (χ2n) is 5.58. The number of amides is 1. The van der Waals surface area contributed by atoms with Crippen molar-refractivity contribution < 1.29 is 13.2 Å². The first-order chi connectivity index (χ1) is 11.3. The van der Waals surface area contributed by atoms with E-state index < -0.39 is 10.0 Å². The smallest absolute Gasteiger partial charge is 0.255 e. The van der Waals surface area contributed by atoms with E-state index in [9.17, 15) is 13.2 Å². The summed E-state index contributed by atoms with van der Waals surface area (Å²) in [6.07, 6.45) is 0. The van der Waals surface area contributed by atoms with Crippen LogP contribution in [0.4, 0.5) is 0 Å². The summed E-state index contributed by atoms with van der Waals surface area (Å²) in [6, 6.07) is 5.01. The summed E-state index contributed by atoms with van der Waals surface area (Å²) in [4.78, 5) is 16.4. The van der Waals surface area contributed by atoms with Crippen LogP contribution in [0, 0.1) is 13.8 Å². The Morgan fingerprint density at radius 3 is 2.29 bits per heavy atom. The molecule has 0 radical (unpaired) electrons. The molecule has 9 heteroatoms. The number of rotatable bonds is 3. The van der Waals surface area contributed by atoms with Crippen LogP contribution in [0.1, 0.15) is 20.1 Å². The van der Waals surface area contributed by atoms with Gasteiger partial charge in [-0.1, -0.05) is 11.6 Å². The van der Waals surface area contributed by atoms with Gasteiger partial charge < -0.3 is 4.90 Å². The minimum Gasteiger partial charge on any atom is -0.336 e. The van der Waals surface area contributed by atoms with Gasteiger partial charge in [0.25, 0.3) is 15.9 Å². The number of piperazine rings is 1. The third-order valence-electron chi connectivity index (χ3n) is 3.94. The minimum atomic E-state index is -3.53. The zero-order valence-corrected chi connectivity index (χ0v) is 16.5. The third-order valence-corrected chi connectivity index (χ3v) is 8.50. The lowest BCUT2D eigenvalue weighted by Crippen LogP contribution is -2.50. The van der Waals surface area contributed by atoms with E-state index in [0.717, 1.165) is 26.7 Å². The number of halogens is 1. The molecule has 1 amide bonds. The topological polar surface area (TPSA) is 57.7 Å². The Morgan fingerprint density at radius 2 is 1.79 bits per heavy atom. The fraction of sp³-hybridized carbons (Fsp3) is 0.400. The highest BCUT2D eigenvalue weighted by Crippen LogP contribution is 2.29. The molecule has 0 saturated carbocycles. The van der Waals surface area contributed by atoms with Gasteiger partial charge >= 0.3 is 0 Å². The summed E-state index contributed by atoms with van der Waals surface area (Å²) in [5.41, 5.74) is 0.721. The van der Waals surface area contributed by atoms with Gasteiger partial charge in [-0.05, 0) is 32.0 Å². The molecule has 0 N–H and O–H groups in total. The zero-order valence-electron chi connectivity index (χ0n) is 13.3. The maximum absolute atomic E-state index is 12.6. The molecule has 0 aliphatic carbocycles. The number of aryl methyl sites for hydroxylation is 2. The quantitative estimate of drug-likeness (QED) is 0.789. The van der Waals surface area contributed by atoms with Crippen LogP contribution in [0.15, 0.2) is 22.4 Å². The number of nitrogens with zero attached hydrogens (tertiary/aromatic N) is 2. The van der Waals surface area contributed by atoms with Crippen molar-refractivity contribution >= 4 is 50.2 Å². The lowest BCUT2D eigenvalue weighted by Gasteiger charge is -2.33. The maximum atomic E-state index is 12.6. The van der Waals surface area contributed by atoms with Crippen LogP contribution in [-0.4, -0.2) is 49.7 Å². The highest BCUT2D eigenvalue weighted by Gasteiger charge is 2.31. The van der Waals surface area contributed by atoms with Crippen molar-refractivity contribution in [1.82, 2.24) is 9.21 Å². The molecule has 5 nitrogen and oxygen atoms in total.